The van der Waals surface area contributed by atoms with Crippen molar-refractivity contribution < 1.29 is 26.3 Å². The van der Waals surface area contributed by atoms with Crippen LogP contribution in [0, 0.1) is 17.5 Å². The number of rotatable bonds is 6. The summed E-state index contributed by atoms with van der Waals surface area (Å²) in [7, 11) is -3.55. The average molecular weight is 547 g/mol. The van der Waals surface area contributed by atoms with Crippen LogP contribution in [0.3, 0.4) is 0 Å². The lowest BCUT2D eigenvalue weighted by Crippen LogP contribution is -2.39. The fourth-order valence-electron chi connectivity index (χ4n) is 4.91. The van der Waals surface area contributed by atoms with Gasteiger partial charge in [-0.1, -0.05) is 13.0 Å². The molecule has 1 fully saturated rings. The van der Waals surface area contributed by atoms with Crippen molar-refractivity contribution in [1.29, 1.82) is 0 Å². The first-order chi connectivity index (χ1) is 18.2. The molecular weight excluding hydrogens is 517 g/mol. The van der Waals surface area contributed by atoms with Gasteiger partial charge in [0.25, 0.3) is 0 Å². The van der Waals surface area contributed by atoms with Gasteiger partial charge in [0.05, 0.1) is 29.9 Å². The summed E-state index contributed by atoms with van der Waals surface area (Å²) in [4.78, 5) is 10.4. The lowest BCUT2D eigenvalue weighted by Gasteiger charge is -2.36. The number of ether oxygens (including phenoxy) is 1. The third-order valence-corrected chi connectivity index (χ3v) is 8.95. The quantitative estimate of drug-likeness (QED) is 0.429. The highest BCUT2D eigenvalue weighted by molar-refractivity contribution is 7.92. The first-order valence-electron chi connectivity index (χ1n) is 12.7. The third-order valence-electron chi connectivity index (χ3n) is 7.09. The van der Waals surface area contributed by atoms with Gasteiger partial charge in [0.1, 0.15) is 23.9 Å². The van der Waals surface area contributed by atoms with Crippen LogP contribution in [-0.2, 0) is 16.4 Å². The maximum atomic E-state index is 15.0. The average Bonchev–Trinajstić information content (AvgIpc) is 2.89. The van der Waals surface area contributed by atoms with E-state index in [1.807, 2.05) is 18.7 Å². The van der Waals surface area contributed by atoms with Crippen LogP contribution in [0.2, 0.25) is 0 Å². The van der Waals surface area contributed by atoms with Crippen molar-refractivity contribution in [1.82, 2.24) is 9.97 Å². The standard InChI is InChI=1S/C27H29F3N4O3S/c1-3-17(2)33-9-10-37-27-21(29)14-19(15-24(27)33)26-22(30)16-31-25(32-26)13-18-6-7-23(20(28)12-18)34-8-4-5-11-38(34,35)36/h6-7,12,14-17H,3-5,8-11,13H2,1-2H3. The molecule has 0 saturated carbocycles. The Morgan fingerprint density at radius 1 is 1.03 bits per heavy atom. The van der Waals surface area contributed by atoms with Crippen LogP contribution in [0.5, 0.6) is 5.75 Å². The number of anilines is 2. The highest BCUT2D eigenvalue weighted by Crippen LogP contribution is 2.39. The Morgan fingerprint density at radius 3 is 2.58 bits per heavy atom. The number of benzene rings is 2. The van der Waals surface area contributed by atoms with Crippen LogP contribution in [0.15, 0.2) is 36.5 Å². The van der Waals surface area contributed by atoms with Crippen molar-refractivity contribution in [3.8, 4) is 17.0 Å². The highest BCUT2D eigenvalue weighted by Gasteiger charge is 2.29. The molecular formula is C27H29F3N4O3S. The maximum Gasteiger partial charge on any atom is 0.235 e. The Balaban J connectivity index is 1.45. The van der Waals surface area contributed by atoms with Crippen molar-refractivity contribution in [2.24, 2.45) is 0 Å². The van der Waals surface area contributed by atoms with Crippen LogP contribution in [0.1, 0.15) is 44.5 Å². The van der Waals surface area contributed by atoms with E-state index in [1.54, 1.807) is 12.1 Å². The minimum Gasteiger partial charge on any atom is -0.486 e. The molecule has 3 aromatic rings. The van der Waals surface area contributed by atoms with Gasteiger partial charge in [-0.25, -0.2) is 31.6 Å². The summed E-state index contributed by atoms with van der Waals surface area (Å²) in [6.07, 6.45) is 3.16. The molecule has 0 bridgehead atoms. The van der Waals surface area contributed by atoms with Crippen molar-refractivity contribution in [2.75, 3.05) is 34.7 Å². The Hall–Kier alpha value is -3.34. The Bertz CT molecular complexity index is 1470. The van der Waals surface area contributed by atoms with Crippen molar-refractivity contribution in [3.05, 3.63) is 65.4 Å². The number of aromatic nitrogens is 2. The van der Waals surface area contributed by atoms with E-state index in [0.717, 1.165) is 16.9 Å². The second-order valence-electron chi connectivity index (χ2n) is 9.65. The number of halogens is 3. The summed E-state index contributed by atoms with van der Waals surface area (Å²) in [6, 6.07) is 7.28. The molecule has 0 N–H and O–H groups in total. The van der Waals surface area contributed by atoms with E-state index in [1.165, 1.54) is 18.2 Å². The van der Waals surface area contributed by atoms with Crippen LogP contribution in [0.25, 0.3) is 11.3 Å². The molecule has 0 spiro atoms. The van der Waals surface area contributed by atoms with Crippen LogP contribution >= 0.6 is 0 Å². The van der Waals surface area contributed by atoms with Crippen LogP contribution in [0.4, 0.5) is 24.5 Å². The molecule has 0 aliphatic carbocycles. The molecule has 38 heavy (non-hydrogen) atoms. The summed E-state index contributed by atoms with van der Waals surface area (Å²) in [6.45, 7) is 5.26. The van der Waals surface area contributed by atoms with E-state index in [0.29, 0.717) is 37.2 Å². The van der Waals surface area contributed by atoms with Crippen molar-refractivity contribution >= 4 is 21.4 Å². The Kier molecular flexibility index (Phi) is 7.21. The molecule has 2 aromatic carbocycles. The van der Waals surface area contributed by atoms with E-state index in [2.05, 4.69) is 9.97 Å². The van der Waals surface area contributed by atoms with Crippen molar-refractivity contribution in [3.63, 3.8) is 0 Å². The van der Waals surface area contributed by atoms with E-state index in [9.17, 15) is 17.2 Å². The molecule has 0 radical (unpaired) electrons. The van der Waals surface area contributed by atoms with E-state index < -0.39 is 27.5 Å². The fraction of sp³-hybridized carbons (Fsp3) is 0.407. The SMILES string of the molecule is CCC(C)N1CCOc2c(F)cc(-c3nc(Cc4ccc(N5CCCCS5(=O)=O)c(F)c4)ncc3F)cc21. The molecule has 3 heterocycles. The summed E-state index contributed by atoms with van der Waals surface area (Å²) < 4.78 is 76.3. The van der Waals surface area contributed by atoms with Gasteiger partial charge in [0, 0.05) is 24.6 Å². The topological polar surface area (TPSA) is 75.6 Å². The van der Waals surface area contributed by atoms with E-state index in [-0.39, 0.29) is 53.3 Å². The Morgan fingerprint density at radius 2 is 1.84 bits per heavy atom. The minimum atomic E-state index is -3.55. The van der Waals surface area contributed by atoms with Gasteiger partial charge in [-0.3, -0.25) is 4.31 Å². The molecule has 202 valence electrons. The van der Waals surface area contributed by atoms with Gasteiger partial charge in [0.2, 0.25) is 10.0 Å². The monoisotopic (exact) mass is 546 g/mol. The lowest BCUT2D eigenvalue weighted by molar-refractivity contribution is 0.285. The number of nitrogens with zero attached hydrogens (tertiary/aromatic N) is 4. The first kappa shape index (κ1) is 26.3. The largest absolute Gasteiger partial charge is 0.486 e. The normalized spacial score (nSPS) is 17.6. The molecule has 2 aliphatic heterocycles. The van der Waals surface area contributed by atoms with Gasteiger partial charge in [0.15, 0.2) is 17.4 Å². The van der Waals surface area contributed by atoms with E-state index in [4.69, 9.17) is 4.74 Å². The minimum absolute atomic E-state index is 0.00628. The predicted molar refractivity (Wildman–Crippen MR) is 140 cm³/mol. The summed E-state index contributed by atoms with van der Waals surface area (Å²) >= 11 is 0. The molecule has 1 atom stereocenters. The predicted octanol–water partition coefficient (Wildman–Crippen LogP) is 5.08. The zero-order valence-corrected chi connectivity index (χ0v) is 22.1. The Labute approximate surface area is 220 Å². The molecule has 1 saturated heterocycles. The number of sulfonamides is 1. The summed E-state index contributed by atoms with van der Waals surface area (Å²) in [5, 5.41) is 0. The second-order valence-corrected chi connectivity index (χ2v) is 11.7. The summed E-state index contributed by atoms with van der Waals surface area (Å²) in [5.41, 5.74) is 1.23. The van der Waals surface area contributed by atoms with Gasteiger partial charge in [-0.05, 0) is 56.0 Å². The zero-order valence-electron chi connectivity index (χ0n) is 21.3. The third kappa shape index (κ3) is 5.03. The molecule has 2 aliphatic rings. The van der Waals surface area contributed by atoms with Gasteiger partial charge >= 0.3 is 0 Å². The zero-order chi connectivity index (χ0) is 27.0. The molecule has 5 rings (SSSR count). The molecule has 1 aromatic heterocycles. The molecule has 7 nitrogen and oxygen atoms in total. The summed E-state index contributed by atoms with van der Waals surface area (Å²) in [5.74, 6) is -1.64. The molecule has 1 unspecified atom stereocenters. The molecule has 0 amide bonds. The molecule has 11 heteroatoms. The smallest absolute Gasteiger partial charge is 0.235 e. The van der Waals surface area contributed by atoms with Gasteiger partial charge in [-0.2, -0.15) is 0 Å². The first-order valence-corrected chi connectivity index (χ1v) is 14.3. The number of hydrogen-bond acceptors (Lipinski definition) is 6. The van der Waals surface area contributed by atoms with Gasteiger partial charge in [-0.15, -0.1) is 0 Å². The fourth-order valence-corrected chi connectivity index (χ4v) is 6.56. The van der Waals surface area contributed by atoms with E-state index >= 15 is 4.39 Å². The van der Waals surface area contributed by atoms with Gasteiger partial charge < -0.3 is 9.64 Å². The van der Waals surface area contributed by atoms with Crippen LogP contribution < -0.4 is 13.9 Å². The highest BCUT2D eigenvalue weighted by atomic mass is 32.2. The lowest BCUT2D eigenvalue weighted by atomic mass is 10.1. The number of fused-ring (bicyclic) bond motifs is 1. The van der Waals surface area contributed by atoms with Crippen LogP contribution in [-0.4, -0.2) is 49.9 Å². The second kappa shape index (κ2) is 10.4. The number of hydrogen-bond donors (Lipinski definition) is 0. The maximum absolute atomic E-state index is 15.0. The van der Waals surface area contributed by atoms with Crippen molar-refractivity contribution in [2.45, 2.75) is 45.6 Å².